The zero-order chi connectivity index (χ0) is 11.1. The molecule has 1 saturated heterocycles. The Morgan fingerprint density at radius 3 is 2.53 bits per heavy atom. The highest BCUT2D eigenvalue weighted by molar-refractivity contribution is 5.79. The van der Waals surface area contributed by atoms with Crippen LogP contribution in [0.15, 0.2) is 0 Å². The zero-order valence-corrected chi connectivity index (χ0v) is 9.70. The van der Waals surface area contributed by atoms with Crippen LogP contribution in [-0.4, -0.2) is 35.1 Å². The summed E-state index contributed by atoms with van der Waals surface area (Å²) in [5.74, 6) is 0.536. The second kappa shape index (κ2) is 3.78. The van der Waals surface area contributed by atoms with Gasteiger partial charge in [0.1, 0.15) is 0 Å². The first-order valence-electron chi connectivity index (χ1n) is 5.97. The minimum Gasteiger partial charge on any atom is -0.391 e. The SMILES string of the molecule is CC1(C)CCN(C(=O)C2CCC2)CC1O. The maximum absolute atomic E-state index is 12.0. The summed E-state index contributed by atoms with van der Waals surface area (Å²) in [6.45, 7) is 5.49. The van der Waals surface area contributed by atoms with E-state index in [2.05, 4.69) is 13.8 Å². The van der Waals surface area contributed by atoms with Crippen LogP contribution in [0.3, 0.4) is 0 Å². The third-order valence-corrected chi connectivity index (χ3v) is 4.09. The van der Waals surface area contributed by atoms with Gasteiger partial charge in [-0.05, 0) is 24.7 Å². The predicted molar refractivity (Wildman–Crippen MR) is 58.3 cm³/mol. The van der Waals surface area contributed by atoms with Crippen LogP contribution in [0.4, 0.5) is 0 Å². The highest BCUT2D eigenvalue weighted by Gasteiger charge is 2.38. The van der Waals surface area contributed by atoms with Crippen LogP contribution in [0.1, 0.15) is 39.5 Å². The van der Waals surface area contributed by atoms with Gasteiger partial charge in [-0.25, -0.2) is 0 Å². The summed E-state index contributed by atoms with van der Waals surface area (Å²) in [7, 11) is 0. The summed E-state index contributed by atoms with van der Waals surface area (Å²) in [5.41, 5.74) is -0.0314. The molecule has 1 heterocycles. The fraction of sp³-hybridized carbons (Fsp3) is 0.917. The van der Waals surface area contributed by atoms with Gasteiger partial charge in [-0.3, -0.25) is 4.79 Å². The molecule has 0 radical (unpaired) electrons. The summed E-state index contributed by atoms with van der Waals surface area (Å²) in [6, 6.07) is 0. The average Bonchev–Trinajstić information content (AvgIpc) is 2.06. The van der Waals surface area contributed by atoms with E-state index in [-0.39, 0.29) is 23.3 Å². The third kappa shape index (κ3) is 2.03. The van der Waals surface area contributed by atoms with Crippen molar-refractivity contribution in [3.8, 4) is 0 Å². The Morgan fingerprint density at radius 2 is 2.07 bits per heavy atom. The number of carbonyl (C=O) groups is 1. The molecule has 2 aliphatic rings. The number of rotatable bonds is 1. The summed E-state index contributed by atoms with van der Waals surface area (Å²) >= 11 is 0. The highest BCUT2D eigenvalue weighted by atomic mass is 16.3. The number of likely N-dealkylation sites (tertiary alicyclic amines) is 1. The second-order valence-corrected chi connectivity index (χ2v) is 5.67. The molecule has 0 aromatic rings. The van der Waals surface area contributed by atoms with Crippen molar-refractivity contribution < 1.29 is 9.90 Å². The minimum atomic E-state index is -0.365. The molecule has 86 valence electrons. The summed E-state index contributed by atoms with van der Waals surface area (Å²) in [4.78, 5) is 13.8. The highest BCUT2D eigenvalue weighted by Crippen LogP contribution is 2.33. The van der Waals surface area contributed by atoms with E-state index in [0.29, 0.717) is 6.54 Å². The first kappa shape index (κ1) is 10.9. The zero-order valence-electron chi connectivity index (χ0n) is 9.70. The second-order valence-electron chi connectivity index (χ2n) is 5.67. The monoisotopic (exact) mass is 211 g/mol. The number of hydrogen-bond donors (Lipinski definition) is 1. The Hall–Kier alpha value is -0.570. The van der Waals surface area contributed by atoms with Crippen LogP contribution >= 0.6 is 0 Å². The Kier molecular flexibility index (Phi) is 2.75. The van der Waals surface area contributed by atoms with Crippen molar-refractivity contribution in [2.75, 3.05) is 13.1 Å². The van der Waals surface area contributed by atoms with Crippen LogP contribution in [0, 0.1) is 11.3 Å². The van der Waals surface area contributed by atoms with Crippen molar-refractivity contribution >= 4 is 5.91 Å². The molecular formula is C12H21NO2. The standard InChI is InChI=1S/C12H21NO2/c1-12(2)6-7-13(8-10(12)14)11(15)9-4-3-5-9/h9-10,14H,3-8H2,1-2H3. The molecule has 2 rings (SSSR count). The molecule has 1 atom stereocenters. The van der Waals surface area contributed by atoms with Crippen LogP contribution in [0.25, 0.3) is 0 Å². The Balaban J connectivity index is 1.93. The number of hydrogen-bond acceptors (Lipinski definition) is 2. The van der Waals surface area contributed by atoms with Crippen molar-refractivity contribution in [3.05, 3.63) is 0 Å². The number of piperidine rings is 1. The van der Waals surface area contributed by atoms with E-state index in [4.69, 9.17) is 0 Å². The third-order valence-electron chi connectivity index (χ3n) is 4.09. The van der Waals surface area contributed by atoms with Crippen molar-refractivity contribution in [1.82, 2.24) is 4.90 Å². The summed E-state index contributed by atoms with van der Waals surface area (Å²) < 4.78 is 0. The summed E-state index contributed by atoms with van der Waals surface area (Å²) in [6.07, 6.45) is 3.84. The number of aliphatic hydroxyl groups is 1. The topological polar surface area (TPSA) is 40.5 Å². The fourth-order valence-corrected chi connectivity index (χ4v) is 2.25. The van der Waals surface area contributed by atoms with Gasteiger partial charge in [-0.2, -0.15) is 0 Å². The number of carbonyl (C=O) groups excluding carboxylic acids is 1. The van der Waals surface area contributed by atoms with E-state index in [9.17, 15) is 9.90 Å². The molecule has 1 aliphatic heterocycles. The summed E-state index contributed by atoms with van der Waals surface area (Å²) in [5, 5.41) is 9.93. The van der Waals surface area contributed by atoms with Gasteiger partial charge in [0.25, 0.3) is 0 Å². The molecule has 1 saturated carbocycles. The van der Waals surface area contributed by atoms with E-state index in [1.165, 1.54) is 6.42 Å². The van der Waals surface area contributed by atoms with Gasteiger partial charge < -0.3 is 10.0 Å². The quantitative estimate of drug-likeness (QED) is 0.712. The Labute approximate surface area is 91.5 Å². The molecule has 15 heavy (non-hydrogen) atoms. The van der Waals surface area contributed by atoms with Gasteiger partial charge in [0, 0.05) is 19.0 Å². The van der Waals surface area contributed by atoms with Crippen LogP contribution in [0.5, 0.6) is 0 Å². The molecule has 0 aromatic heterocycles. The lowest BCUT2D eigenvalue weighted by Gasteiger charge is -2.43. The van der Waals surface area contributed by atoms with Crippen molar-refractivity contribution in [1.29, 1.82) is 0 Å². The number of nitrogens with zero attached hydrogens (tertiary/aromatic N) is 1. The Bertz CT molecular complexity index is 258. The van der Waals surface area contributed by atoms with Crippen molar-refractivity contribution in [3.63, 3.8) is 0 Å². The predicted octanol–water partition coefficient (Wildman–Crippen LogP) is 1.41. The molecule has 3 nitrogen and oxygen atoms in total. The normalized spacial score (nSPS) is 31.1. The lowest BCUT2D eigenvalue weighted by atomic mass is 9.78. The first-order chi connectivity index (χ1) is 7.00. The molecule has 1 aliphatic carbocycles. The fourth-order valence-electron chi connectivity index (χ4n) is 2.25. The number of amides is 1. The van der Waals surface area contributed by atoms with Gasteiger partial charge in [0.2, 0.25) is 5.91 Å². The van der Waals surface area contributed by atoms with Crippen LogP contribution in [-0.2, 0) is 4.79 Å². The number of aliphatic hydroxyl groups excluding tert-OH is 1. The van der Waals surface area contributed by atoms with Crippen LogP contribution in [0.2, 0.25) is 0 Å². The molecule has 1 amide bonds. The largest absolute Gasteiger partial charge is 0.391 e. The lowest BCUT2D eigenvalue weighted by molar-refractivity contribution is -0.144. The average molecular weight is 211 g/mol. The minimum absolute atomic E-state index is 0.0314. The van der Waals surface area contributed by atoms with Gasteiger partial charge >= 0.3 is 0 Å². The van der Waals surface area contributed by atoms with E-state index >= 15 is 0 Å². The smallest absolute Gasteiger partial charge is 0.225 e. The van der Waals surface area contributed by atoms with Gasteiger partial charge in [0.05, 0.1) is 6.10 Å². The van der Waals surface area contributed by atoms with Gasteiger partial charge in [0.15, 0.2) is 0 Å². The van der Waals surface area contributed by atoms with Crippen molar-refractivity contribution in [2.24, 2.45) is 11.3 Å². The van der Waals surface area contributed by atoms with E-state index in [1.54, 1.807) is 0 Å². The molecule has 1 N–H and O–H groups in total. The molecule has 0 spiro atoms. The maximum atomic E-state index is 12.0. The first-order valence-corrected chi connectivity index (χ1v) is 5.97. The van der Waals surface area contributed by atoms with E-state index in [0.717, 1.165) is 25.8 Å². The Morgan fingerprint density at radius 1 is 1.40 bits per heavy atom. The van der Waals surface area contributed by atoms with Crippen molar-refractivity contribution in [2.45, 2.75) is 45.6 Å². The van der Waals surface area contributed by atoms with Gasteiger partial charge in [-0.1, -0.05) is 20.3 Å². The molecule has 3 heteroatoms. The molecule has 0 bridgehead atoms. The number of β-amino-alcohol motifs (C(OH)–C–C–N with tert-alkyl or cyclic N) is 1. The molecule has 1 unspecified atom stereocenters. The van der Waals surface area contributed by atoms with E-state index < -0.39 is 0 Å². The molecular weight excluding hydrogens is 190 g/mol. The van der Waals surface area contributed by atoms with E-state index in [1.807, 2.05) is 4.90 Å². The lowest BCUT2D eigenvalue weighted by Crippen LogP contribution is -2.52. The van der Waals surface area contributed by atoms with Gasteiger partial charge in [-0.15, -0.1) is 0 Å². The maximum Gasteiger partial charge on any atom is 0.225 e. The molecule has 0 aromatic carbocycles. The molecule has 2 fully saturated rings. The van der Waals surface area contributed by atoms with Crippen LogP contribution < -0.4 is 0 Å².